The van der Waals surface area contributed by atoms with Gasteiger partial charge >= 0.3 is 0 Å². The number of likely N-dealkylation sites (tertiary alicyclic amines) is 1. The van der Waals surface area contributed by atoms with E-state index in [2.05, 4.69) is 10.2 Å². The zero-order valence-corrected chi connectivity index (χ0v) is 15.0. The molecular formula is C22H20N4O. The van der Waals surface area contributed by atoms with Crippen LogP contribution < -0.4 is 0 Å². The molecule has 0 radical (unpaired) electrons. The Bertz CT molecular complexity index is 1130. The van der Waals surface area contributed by atoms with Crippen LogP contribution >= 0.6 is 0 Å². The molecule has 2 aromatic heterocycles. The van der Waals surface area contributed by atoms with Crippen molar-refractivity contribution in [2.75, 3.05) is 13.1 Å². The minimum atomic E-state index is 0.102. The van der Waals surface area contributed by atoms with E-state index in [1.807, 2.05) is 76.2 Å². The molecule has 1 unspecified atom stereocenters. The van der Waals surface area contributed by atoms with Crippen LogP contribution in [0.1, 0.15) is 34.9 Å². The molecule has 1 saturated heterocycles. The van der Waals surface area contributed by atoms with Crippen LogP contribution in [0.3, 0.4) is 0 Å². The number of nitrogens with zero attached hydrogens (tertiary/aromatic N) is 4. The Morgan fingerprint density at radius 1 is 0.963 bits per heavy atom. The third kappa shape index (κ3) is 2.76. The van der Waals surface area contributed by atoms with E-state index < -0.39 is 0 Å². The van der Waals surface area contributed by atoms with Gasteiger partial charge in [0.1, 0.15) is 5.82 Å². The summed E-state index contributed by atoms with van der Waals surface area (Å²) in [7, 11) is 0. The van der Waals surface area contributed by atoms with Crippen LogP contribution in [0.15, 0.2) is 66.9 Å². The van der Waals surface area contributed by atoms with Gasteiger partial charge in [0.05, 0.1) is 0 Å². The van der Waals surface area contributed by atoms with E-state index in [-0.39, 0.29) is 11.8 Å². The molecule has 0 spiro atoms. The van der Waals surface area contributed by atoms with Crippen LogP contribution in [0.4, 0.5) is 0 Å². The molecule has 1 aliphatic rings. The number of benzene rings is 2. The Kier molecular flexibility index (Phi) is 3.85. The third-order valence-corrected chi connectivity index (χ3v) is 5.43. The van der Waals surface area contributed by atoms with Gasteiger partial charge in [-0.1, -0.05) is 42.5 Å². The minimum absolute atomic E-state index is 0.102. The van der Waals surface area contributed by atoms with E-state index in [0.717, 1.165) is 47.2 Å². The van der Waals surface area contributed by atoms with Gasteiger partial charge in [0.25, 0.3) is 5.91 Å². The molecule has 4 aromatic rings. The standard InChI is InChI=1S/C22H20N4O/c27-22(19-11-5-8-16-7-1-2-10-18(16)19)25-13-6-9-17(15-25)21-24-23-20-12-3-4-14-26(20)21/h1-5,7-8,10-12,14,17H,6,9,13,15H2. The lowest BCUT2D eigenvalue weighted by Crippen LogP contribution is -2.39. The summed E-state index contributed by atoms with van der Waals surface area (Å²) in [5.74, 6) is 1.25. The molecule has 1 amide bonds. The highest BCUT2D eigenvalue weighted by Gasteiger charge is 2.28. The number of hydrogen-bond donors (Lipinski definition) is 0. The Hall–Kier alpha value is -3.21. The van der Waals surface area contributed by atoms with E-state index in [1.54, 1.807) is 0 Å². The Morgan fingerprint density at radius 2 is 1.81 bits per heavy atom. The maximum absolute atomic E-state index is 13.3. The fourth-order valence-electron chi connectivity index (χ4n) is 4.09. The number of rotatable bonds is 2. The maximum Gasteiger partial charge on any atom is 0.254 e. The summed E-state index contributed by atoms with van der Waals surface area (Å²) >= 11 is 0. The second kappa shape index (κ2) is 6.50. The van der Waals surface area contributed by atoms with Gasteiger partial charge in [-0.3, -0.25) is 9.20 Å². The van der Waals surface area contributed by atoms with Crippen molar-refractivity contribution in [1.29, 1.82) is 0 Å². The smallest absolute Gasteiger partial charge is 0.254 e. The molecule has 1 atom stereocenters. The Morgan fingerprint density at radius 3 is 2.78 bits per heavy atom. The summed E-state index contributed by atoms with van der Waals surface area (Å²) in [5.41, 5.74) is 1.63. The molecule has 5 rings (SSSR count). The second-order valence-corrected chi connectivity index (χ2v) is 7.10. The van der Waals surface area contributed by atoms with E-state index in [1.165, 1.54) is 0 Å². The first-order valence-electron chi connectivity index (χ1n) is 9.38. The van der Waals surface area contributed by atoms with Crippen LogP contribution in [0.2, 0.25) is 0 Å². The maximum atomic E-state index is 13.3. The summed E-state index contributed by atoms with van der Waals surface area (Å²) in [6.07, 6.45) is 3.99. The largest absolute Gasteiger partial charge is 0.338 e. The lowest BCUT2D eigenvalue weighted by molar-refractivity contribution is 0.0706. The fraction of sp³-hybridized carbons (Fsp3) is 0.227. The van der Waals surface area contributed by atoms with Crippen LogP contribution in [0.5, 0.6) is 0 Å². The molecule has 0 N–H and O–H groups in total. The average Bonchev–Trinajstić information content (AvgIpc) is 3.17. The summed E-state index contributed by atoms with van der Waals surface area (Å²) in [5, 5.41) is 10.8. The van der Waals surface area contributed by atoms with Crippen molar-refractivity contribution < 1.29 is 4.79 Å². The van der Waals surface area contributed by atoms with Crippen molar-refractivity contribution in [3.8, 4) is 0 Å². The first-order chi connectivity index (χ1) is 13.3. The molecule has 3 heterocycles. The predicted molar refractivity (Wildman–Crippen MR) is 105 cm³/mol. The Labute approximate surface area is 157 Å². The zero-order valence-electron chi connectivity index (χ0n) is 15.0. The number of amides is 1. The number of fused-ring (bicyclic) bond motifs is 2. The van der Waals surface area contributed by atoms with Crippen molar-refractivity contribution >= 4 is 22.3 Å². The van der Waals surface area contributed by atoms with Gasteiger partial charge in [-0.05, 0) is 41.8 Å². The van der Waals surface area contributed by atoms with Crippen molar-refractivity contribution in [2.24, 2.45) is 0 Å². The number of carbonyl (C=O) groups is 1. The van der Waals surface area contributed by atoms with Gasteiger partial charge in [-0.2, -0.15) is 0 Å². The first-order valence-corrected chi connectivity index (χ1v) is 9.38. The predicted octanol–water partition coefficient (Wildman–Crippen LogP) is 3.90. The second-order valence-electron chi connectivity index (χ2n) is 7.10. The molecule has 0 saturated carbocycles. The quantitative estimate of drug-likeness (QED) is 0.547. The number of pyridine rings is 1. The molecule has 5 heteroatoms. The first kappa shape index (κ1) is 16.0. The van der Waals surface area contributed by atoms with Crippen molar-refractivity contribution in [3.05, 3.63) is 78.2 Å². The van der Waals surface area contributed by atoms with E-state index in [4.69, 9.17) is 0 Å². The molecule has 2 aromatic carbocycles. The Balaban J connectivity index is 1.46. The van der Waals surface area contributed by atoms with Crippen molar-refractivity contribution in [1.82, 2.24) is 19.5 Å². The molecule has 27 heavy (non-hydrogen) atoms. The third-order valence-electron chi connectivity index (χ3n) is 5.43. The van der Waals surface area contributed by atoms with Gasteiger partial charge < -0.3 is 4.90 Å². The molecule has 1 fully saturated rings. The zero-order chi connectivity index (χ0) is 18.2. The summed E-state index contributed by atoms with van der Waals surface area (Å²) in [6, 6.07) is 19.9. The molecule has 5 nitrogen and oxygen atoms in total. The number of carbonyl (C=O) groups excluding carboxylic acids is 1. The molecule has 0 aliphatic carbocycles. The van der Waals surface area contributed by atoms with Gasteiger partial charge in [0.2, 0.25) is 0 Å². The average molecular weight is 356 g/mol. The van der Waals surface area contributed by atoms with Gasteiger partial charge in [0.15, 0.2) is 5.65 Å². The van der Waals surface area contributed by atoms with Gasteiger partial charge in [0, 0.05) is 30.8 Å². The lowest BCUT2D eigenvalue weighted by Gasteiger charge is -2.32. The van der Waals surface area contributed by atoms with Crippen LogP contribution in [-0.4, -0.2) is 38.5 Å². The molecule has 1 aliphatic heterocycles. The highest BCUT2D eigenvalue weighted by atomic mass is 16.2. The SMILES string of the molecule is O=C(c1cccc2ccccc12)N1CCCC(c2nnc3ccccn23)C1. The summed E-state index contributed by atoms with van der Waals surface area (Å²) in [4.78, 5) is 15.2. The van der Waals surface area contributed by atoms with Gasteiger partial charge in [-0.25, -0.2) is 0 Å². The topological polar surface area (TPSA) is 50.5 Å². The van der Waals surface area contributed by atoms with Gasteiger partial charge in [-0.15, -0.1) is 10.2 Å². The highest BCUT2D eigenvalue weighted by Crippen LogP contribution is 2.28. The number of aromatic nitrogens is 3. The summed E-state index contributed by atoms with van der Waals surface area (Å²) < 4.78 is 2.04. The highest BCUT2D eigenvalue weighted by molar-refractivity contribution is 6.07. The van der Waals surface area contributed by atoms with E-state index >= 15 is 0 Å². The molecule has 134 valence electrons. The monoisotopic (exact) mass is 356 g/mol. The van der Waals surface area contributed by atoms with Crippen molar-refractivity contribution in [2.45, 2.75) is 18.8 Å². The molecule has 0 bridgehead atoms. The fourth-order valence-corrected chi connectivity index (χ4v) is 4.09. The van der Waals surface area contributed by atoms with E-state index in [9.17, 15) is 4.79 Å². The van der Waals surface area contributed by atoms with Crippen molar-refractivity contribution in [3.63, 3.8) is 0 Å². The summed E-state index contributed by atoms with van der Waals surface area (Å²) in [6.45, 7) is 1.47. The lowest BCUT2D eigenvalue weighted by atomic mass is 9.95. The minimum Gasteiger partial charge on any atom is -0.338 e. The van der Waals surface area contributed by atoms with Crippen LogP contribution in [0, 0.1) is 0 Å². The number of hydrogen-bond acceptors (Lipinski definition) is 3. The molecular weight excluding hydrogens is 336 g/mol. The van der Waals surface area contributed by atoms with Crippen LogP contribution in [-0.2, 0) is 0 Å². The van der Waals surface area contributed by atoms with Crippen LogP contribution in [0.25, 0.3) is 16.4 Å². The number of piperidine rings is 1. The van der Waals surface area contributed by atoms with E-state index in [0.29, 0.717) is 6.54 Å². The normalized spacial score (nSPS) is 17.5.